The summed E-state index contributed by atoms with van der Waals surface area (Å²) in [5.74, 6) is -0.740. The molecule has 2 aromatic rings. The van der Waals surface area contributed by atoms with Gasteiger partial charge in [-0.05, 0) is 63.5 Å². The number of carbonyl (C=O) groups is 2. The van der Waals surface area contributed by atoms with Gasteiger partial charge >= 0.3 is 7.12 Å². The Kier molecular flexibility index (Phi) is 5.88. The first kappa shape index (κ1) is 22.5. The number of carbonyl (C=O) groups excluding carboxylic acids is 2. The molecule has 0 saturated carbocycles. The lowest BCUT2D eigenvalue weighted by molar-refractivity contribution is -0.383. The Morgan fingerprint density at radius 3 is 2.06 bits per heavy atom. The van der Waals surface area contributed by atoms with Crippen LogP contribution in [0.3, 0.4) is 0 Å². The molecule has 1 saturated heterocycles. The van der Waals surface area contributed by atoms with Gasteiger partial charge < -0.3 is 19.9 Å². The van der Waals surface area contributed by atoms with Crippen LogP contribution < -0.4 is 16.1 Å². The number of hydrogen-bond acceptors (Lipinski definition) is 6. The lowest BCUT2D eigenvalue weighted by atomic mass is 9.79. The first-order valence-corrected chi connectivity index (χ1v) is 9.72. The van der Waals surface area contributed by atoms with Crippen molar-refractivity contribution in [1.82, 2.24) is 0 Å². The zero-order valence-electron chi connectivity index (χ0n) is 18.0. The number of nitrogens with one attached hydrogen (secondary N) is 2. The molecular weight excluding hydrogens is 401 g/mol. The molecule has 1 fully saturated rings. The number of nitro groups is 1. The van der Waals surface area contributed by atoms with Crippen LogP contribution in [-0.4, -0.2) is 35.1 Å². The van der Waals surface area contributed by atoms with Crippen molar-refractivity contribution in [3.8, 4) is 0 Å². The molecule has 0 spiro atoms. The monoisotopic (exact) mass is 425 g/mol. The topological polar surface area (TPSA) is 120 Å². The smallest absolute Gasteiger partial charge is 0.399 e. The van der Waals surface area contributed by atoms with E-state index in [4.69, 9.17) is 9.31 Å². The number of nitro benzene ring substituents is 1. The summed E-state index contributed by atoms with van der Waals surface area (Å²) in [4.78, 5) is 34.7. The summed E-state index contributed by atoms with van der Waals surface area (Å²) in [6.07, 6.45) is 0. The fraction of sp³-hybridized carbons (Fsp3) is 0.333. The third-order valence-electron chi connectivity index (χ3n) is 5.46. The van der Waals surface area contributed by atoms with Gasteiger partial charge in [-0.1, -0.05) is 6.07 Å². The van der Waals surface area contributed by atoms with Crippen LogP contribution in [0.15, 0.2) is 42.5 Å². The molecule has 0 aliphatic carbocycles. The molecule has 1 heterocycles. The van der Waals surface area contributed by atoms with Crippen LogP contribution in [0.4, 0.5) is 17.1 Å². The van der Waals surface area contributed by atoms with Gasteiger partial charge in [-0.2, -0.15) is 0 Å². The molecule has 31 heavy (non-hydrogen) atoms. The highest BCUT2D eigenvalue weighted by Crippen LogP contribution is 2.37. The van der Waals surface area contributed by atoms with Crippen molar-refractivity contribution in [3.05, 3.63) is 58.1 Å². The van der Waals surface area contributed by atoms with Gasteiger partial charge in [-0.3, -0.25) is 19.7 Å². The number of benzene rings is 2. The normalized spacial score (nSPS) is 16.6. The molecule has 2 amide bonds. The molecular formula is C21H24BN3O6. The van der Waals surface area contributed by atoms with E-state index in [-0.39, 0.29) is 17.3 Å². The molecule has 162 valence electrons. The van der Waals surface area contributed by atoms with Crippen LogP contribution in [0.25, 0.3) is 0 Å². The zero-order chi connectivity index (χ0) is 23.0. The van der Waals surface area contributed by atoms with E-state index >= 15 is 0 Å². The van der Waals surface area contributed by atoms with Gasteiger partial charge in [0.1, 0.15) is 5.69 Å². The molecule has 0 bridgehead atoms. The largest absolute Gasteiger partial charge is 0.495 e. The van der Waals surface area contributed by atoms with E-state index in [2.05, 4.69) is 10.6 Å². The number of amides is 2. The molecule has 2 N–H and O–H groups in total. The molecule has 3 rings (SSSR count). The van der Waals surface area contributed by atoms with Gasteiger partial charge in [0.05, 0.1) is 16.1 Å². The molecule has 10 heteroatoms. The maximum Gasteiger partial charge on any atom is 0.495 e. The van der Waals surface area contributed by atoms with Gasteiger partial charge in [-0.15, -0.1) is 0 Å². The Morgan fingerprint density at radius 2 is 1.55 bits per heavy atom. The van der Waals surface area contributed by atoms with Crippen LogP contribution in [0.2, 0.25) is 0 Å². The van der Waals surface area contributed by atoms with E-state index in [0.29, 0.717) is 16.7 Å². The van der Waals surface area contributed by atoms with E-state index < -0.39 is 29.2 Å². The molecule has 1 aliphatic heterocycles. The minimum Gasteiger partial charge on any atom is -0.399 e. The van der Waals surface area contributed by atoms with Gasteiger partial charge in [0.15, 0.2) is 0 Å². The van der Waals surface area contributed by atoms with Crippen molar-refractivity contribution >= 4 is 41.5 Å². The lowest BCUT2D eigenvalue weighted by Crippen LogP contribution is -2.41. The van der Waals surface area contributed by atoms with Crippen LogP contribution in [-0.2, 0) is 14.1 Å². The van der Waals surface area contributed by atoms with Crippen molar-refractivity contribution in [2.75, 3.05) is 10.6 Å². The summed E-state index contributed by atoms with van der Waals surface area (Å²) in [5, 5.41) is 16.8. The minimum atomic E-state index is -0.755. The molecule has 0 atom stereocenters. The fourth-order valence-corrected chi connectivity index (χ4v) is 3.03. The summed E-state index contributed by atoms with van der Waals surface area (Å²) < 4.78 is 11.9. The van der Waals surface area contributed by atoms with Crippen LogP contribution >= 0.6 is 0 Å². The number of rotatable bonds is 5. The minimum absolute atomic E-state index is 0.0567. The Balaban J connectivity index is 1.81. The predicted octanol–water partition coefficient (Wildman–Crippen LogP) is 3.10. The van der Waals surface area contributed by atoms with E-state index in [1.54, 1.807) is 18.2 Å². The van der Waals surface area contributed by atoms with Crippen molar-refractivity contribution in [3.63, 3.8) is 0 Å². The average molecular weight is 425 g/mol. The van der Waals surface area contributed by atoms with Crippen LogP contribution in [0.1, 0.15) is 45.0 Å². The quantitative estimate of drug-likeness (QED) is 0.432. The summed E-state index contributed by atoms with van der Waals surface area (Å²) in [7, 11) is -0.755. The number of hydrogen-bond donors (Lipinski definition) is 2. The van der Waals surface area contributed by atoms with Crippen molar-refractivity contribution in [2.24, 2.45) is 0 Å². The second kappa shape index (κ2) is 8.12. The maximum absolute atomic E-state index is 12.6. The second-order valence-electron chi connectivity index (χ2n) is 8.33. The molecule has 0 aromatic heterocycles. The molecule has 2 aromatic carbocycles. The first-order chi connectivity index (χ1) is 14.4. The summed E-state index contributed by atoms with van der Waals surface area (Å²) in [5.41, 5.74) is -0.0502. The van der Waals surface area contributed by atoms with Crippen LogP contribution in [0, 0.1) is 10.1 Å². The third kappa shape index (κ3) is 4.75. The average Bonchev–Trinajstić information content (AvgIpc) is 2.89. The summed E-state index contributed by atoms with van der Waals surface area (Å²) >= 11 is 0. The number of anilines is 2. The standard InChI is InChI=1S/C21H24BN3O6/c1-13(26)23-16-9-6-14(7-10-16)19(27)24-17-11-8-15(12-18(17)25(28)29)22-30-20(2,3)21(4,5)31-22/h6-12H,1-5H3,(H,23,26)(H,24,27). The molecule has 0 unspecified atom stereocenters. The zero-order valence-corrected chi connectivity index (χ0v) is 18.0. The van der Waals surface area contributed by atoms with E-state index in [0.717, 1.165) is 0 Å². The van der Waals surface area contributed by atoms with Crippen molar-refractivity contribution < 1.29 is 23.8 Å². The van der Waals surface area contributed by atoms with Crippen molar-refractivity contribution in [1.29, 1.82) is 0 Å². The van der Waals surface area contributed by atoms with Gasteiger partial charge in [0, 0.05) is 24.2 Å². The molecule has 0 radical (unpaired) electrons. The highest BCUT2D eigenvalue weighted by Gasteiger charge is 2.52. The summed E-state index contributed by atoms with van der Waals surface area (Å²) in [6, 6.07) is 10.6. The van der Waals surface area contributed by atoms with E-state index in [1.807, 2.05) is 27.7 Å². The third-order valence-corrected chi connectivity index (χ3v) is 5.46. The Morgan fingerprint density at radius 1 is 0.968 bits per heavy atom. The Hall–Kier alpha value is -3.24. The van der Waals surface area contributed by atoms with Crippen LogP contribution in [0.5, 0.6) is 0 Å². The second-order valence-corrected chi connectivity index (χ2v) is 8.33. The van der Waals surface area contributed by atoms with E-state index in [1.165, 1.54) is 31.2 Å². The lowest BCUT2D eigenvalue weighted by Gasteiger charge is -2.32. The fourth-order valence-electron chi connectivity index (χ4n) is 3.03. The van der Waals surface area contributed by atoms with Gasteiger partial charge in [0.25, 0.3) is 11.6 Å². The van der Waals surface area contributed by atoms with Gasteiger partial charge in [-0.25, -0.2) is 0 Å². The maximum atomic E-state index is 12.6. The predicted molar refractivity (Wildman–Crippen MR) is 118 cm³/mol. The highest BCUT2D eigenvalue weighted by atomic mass is 16.7. The molecule has 1 aliphatic rings. The summed E-state index contributed by atoms with van der Waals surface area (Å²) in [6.45, 7) is 8.97. The first-order valence-electron chi connectivity index (χ1n) is 9.72. The Labute approximate surface area is 180 Å². The number of nitrogens with zero attached hydrogens (tertiary/aromatic N) is 1. The van der Waals surface area contributed by atoms with Gasteiger partial charge in [0.2, 0.25) is 5.91 Å². The van der Waals surface area contributed by atoms with E-state index in [9.17, 15) is 19.7 Å². The highest BCUT2D eigenvalue weighted by molar-refractivity contribution is 6.62. The van der Waals surface area contributed by atoms with Crippen molar-refractivity contribution in [2.45, 2.75) is 45.8 Å². The molecule has 9 nitrogen and oxygen atoms in total. The Bertz CT molecular complexity index is 1020. The SMILES string of the molecule is CC(=O)Nc1ccc(C(=O)Nc2ccc(B3OC(C)(C)C(C)(C)O3)cc2[N+](=O)[O-])cc1.